The van der Waals surface area contributed by atoms with Crippen molar-refractivity contribution in [3.8, 4) is 33.7 Å². The van der Waals surface area contributed by atoms with Crippen molar-refractivity contribution >= 4 is 17.2 Å². The Morgan fingerprint density at radius 1 is 1.22 bits per heavy atom. The molecule has 0 fully saturated rings. The number of rotatable bonds is 13. The molecule has 0 aliphatic rings. The summed E-state index contributed by atoms with van der Waals surface area (Å²) in [5.74, 6) is 1.25. The molecule has 0 saturated heterocycles. The first-order valence-corrected chi connectivity index (χ1v) is 12.6. The van der Waals surface area contributed by atoms with Crippen molar-refractivity contribution in [2.24, 2.45) is 0 Å². The van der Waals surface area contributed by atoms with Crippen molar-refractivity contribution in [2.45, 2.75) is 40.3 Å². The summed E-state index contributed by atoms with van der Waals surface area (Å²) in [5.41, 5.74) is 2.67. The van der Waals surface area contributed by atoms with Crippen molar-refractivity contribution in [3.63, 3.8) is 0 Å². The zero-order valence-corrected chi connectivity index (χ0v) is 22.1. The second-order valence-corrected chi connectivity index (χ2v) is 9.49. The minimum absolute atomic E-state index is 0.0384. The fraction of sp³-hybridized carbons (Fsp3) is 0.480. The third-order valence-corrected chi connectivity index (χ3v) is 6.95. The van der Waals surface area contributed by atoms with E-state index in [0.29, 0.717) is 28.8 Å². The first kappa shape index (κ1) is 27.6. The van der Waals surface area contributed by atoms with Gasteiger partial charge in [-0.05, 0) is 56.3 Å². The number of methoxy groups -OCH3 is 1. The van der Waals surface area contributed by atoms with Crippen LogP contribution in [0.3, 0.4) is 0 Å². The molecule has 1 atom stereocenters. The number of benzene rings is 1. The van der Waals surface area contributed by atoms with Crippen molar-refractivity contribution in [3.05, 3.63) is 34.2 Å². The standard InChI is InChI=1S/C25H34N4O6S/c1-6-29(7-2)12-21-15(3)9-20(36-21)25-27-24(28-35-25)17-8-16(4)23(19(10-17)33-5)34-14-18(31)11-26-22(32)13-30/h8-10,18,30-31H,6-7,11-14H2,1-5H3,(H,26,32). The van der Waals surface area contributed by atoms with Gasteiger partial charge in [-0.2, -0.15) is 4.98 Å². The van der Waals surface area contributed by atoms with Crippen molar-refractivity contribution in [1.29, 1.82) is 0 Å². The normalized spacial score (nSPS) is 12.1. The van der Waals surface area contributed by atoms with Gasteiger partial charge >= 0.3 is 0 Å². The van der Waals surface area contributed by atoms with Crippen molar-refractivity contribution in [1.82, 2.24) is 20.4 Å². The Hall–Kier alpha value is -2.99. The molecule has 11 heteroatoms. The third-order valence-electron chi connectivity index (χ3n) is 5.74. The first-order valence-electron chi connectivity index (χ1n) is 11.8. The maximum Gasteiger partial charge on any atom is 0.268 e. The van der Waals surface area contributed by atoms with Crippen LogP contribution >= 0.6 is 11.3 Å². The van der Waals surface area contributed by atoms with Crippen LogP contribution in [0.2, 0.25) is 0 Å². The number of aliphatic hydroxyl groups excluding tert-OH is 2. The van der Waals surface area contributed by atoms with Crippen LogP contribution < -0.4 is 14.8 Å². The minimum Gasteiger partial charge on any atom is -0.493 e. The van der Waals surface area contributed by atoms with E-state index in [1.165, 1.54) is 17.6 Å². The van der Waals surface area contributed by atoms with Gasteiger partial charge in [-0.25, -0.2) is 0 Å². The molecular formula is C25H34N4O6S. The van der Waals surface area contributed by atoms with Gasteiger partial charge in [-0.3, -0.25) is 9.69 Å². The monoisotopic (exact) mass is 518 g/mol. The first-order chi connectivity index (χ1) is 17.3. The van der Waals surface area contributed by atoms with Gasteiger partial charge < -0.3 is 29.5 Å². The molecule has 1 amide bonds. The number of hydrogen-bond acceptors (Lipinski definition) is 10. The zero-order valence-electron chi connectivity index (χ0n) is 21.3. The Kier molecular flexibility index (Phi) is 9.82. The van der Waals surface area contributed by atoms with Crippen molar-refractivity contribution in [2.75, 3.05) is 40.0 Å². The lowest BCUT2D eigenvalue weighted by atomic mass is 10.1. The fourth-order valence-electron chi connectivity index (χ4n) is 3.61. The van der Waals surface area contributed by atoms with Gasteiger partial charge in [0.1, 0.15) is 19.3 Å². The number of carbonyl (C=O) groups excluding carboxylic acids is 1. The Morgan fingerprint density at radius 3 is 2.64 bits per heavy atom. The molecule has 2 aromatic heterocycles. The molecule has 3 N–H and O–H groups in total. The number of aliphatic hydroxyl groups is 2. The zero-order chi connectivity index (χ0) is 26.2. The second-order valence-electron chi connectivity index (χ2n) is 8.35. The van der Waals surface area contributed by atoms with E-state index >= 15 is 0 Å². The average Bonchev–Trinajstić information content (AvgIpc) is 3.51. The smallest absolute Gasteiger partial charge is 0.268 e. The van der Waals surface area contributed by atoms with E-state index in [1.54, 1.807) is 17.4 Å². The van der Waals surface area contributed by atoms with E-state index in [-0.39, 0.29) is 13.2 Å². The van der Waals surface area contributed by atoms with Crippen LogP contribution in [0.1, 0.15) is 29.9 Å². The molecule has 0 bridgehead atoms. The molecular weight excluding hydrogens is 484 g/mol. The van der Waals surface area contributed by atoms with Gasteiger partial charge in [0.05, 0.1) is 12.0 Å². The van der Waals surface area contributed by atoms with E-state index in [9.17, 15) is 9.90 Å². The number of aryl methyl sites for hydroxylation is 2. The molecule has 2 heterocycles. The highest BCUT2D eigenvalue weighted by Gasteiger charge is 2.19. The van der Waals surface area contributed by atoms with Crippen LogP contribution in [0.5, 0.6) is 11.5 Å². The van der Waals surface area contributed by atoms with E-state index in [2.05, 4.69) is 47.2 Å². The molecule has 0 radical (unpaired) electrons. The molecule has 3 aromatic rings. The fourth-order valence-corrected chi connectivity index (χ4v) is 4.74. The average molecular weight is 519 g/mol. The third kappa shape index (κ3) is 6.82. The number of nitrogens with one attached hydrogen (secondary N) is 1. The quantitative estimate of drug-likeness (QED) is 0.313. The van der Waals surface area contributed by atoms with Crippen LogP contribution in [0.15, 0.2) is 22.7 Å². The van der Waals surface area contributed by atoms with Crippen LogP contribution in [-0.4, -0.2) is 77.2 Å². The van der Waals surface area contributed by atoms with Gasteiger partial charge in [-0.15, -0.1) is 11.3 Å². The number of ether oxygens (including phenoxy) is 2. The topological polar surface area (TPSA) is 130 Å². The van der Waals surface area contributed by atoms with Crippen molar-refractivity contribution < 1.29 is 29.0 Å². The maximum absolute atomic E-state index is 11.1. The number of nitrogens with zero attached hydrogens (tertiary/aromatic N) is 3. The summed E-state index contributed by atoms with van der Waals surface area (Å²) in [7, 11) is 1.52. The summed E-state index contributed by atoms with van der Waals surface area (Å²) in [5, 5.41) is 25.4. The number of thiophene rings is 1. The summed E-state index contributed by atoms with van der Waals surface area (Å²) >= 11 is 1.66. The van der Waals surface area contributed by atoms with Crippen LogP contribution in [-0.2, 0) is 11.3 Å². The summed E-state index contributed by atoms with van der Waals surface area (Å²) in [4.78, 5) is 20.3. The summed E-state index contributed by atoms with van der Waals surface area (Å²) in [6, 6.07) is 5.69. The molecule has 0 aliphatic carbocycles. The SMILES string of the molecule is CCN(CC)Cc1sc(-c2nc(-c3cc(C)c(OCC(O)CNC(=O)CO)c(OC)c3)no2)cc1C. The van der Waals surface area contributed by atoms with Crippen LogP contribution in [0.4, 0.5) is 0 Å². The number of hydrogen-bond donors (Lipinski definition) is 3. The molecule has 0 aliphatic heterocycles. The number of carbonyl (C=O) groups is 1. The number of aromatic nitrogens is 2. The lowest BCUT2D eigenvalue weighted by molar-refractivity contribution is -0.124. The Balaban J connectivity index is 1.75. The maximum atomic E-state index is 11.1. The molecule has 1 aromatic carbocycles. The summed E-state index contributed by atoms with van der Waals surface area (Å²) < 4.78 is 16.9. The van der Waals surface area contributed by atoms with Gasteiger partial charge in [-0.1, -0.05) is 19.0 Å². The summed E-state index contributed by atoms with van der Waals surface area (Å²) in [6.45, 7) is 10.4. The Labute approximate surface area is 214 Å². The molecule has 0 saturated carbocycles. The summed E-state index contributed by atoms with van der Waals surface area (Å²) in [6.07, 6.45) is -0.954. The Morgan fingerprint density at radius 2 is 1.97 bits per heavy atom. The highest BCUT2D eigenvalue weighted by molar-refractivity contribution is 7.15. The van der Waals surface area contributed by atoms with E-state index in [0.717, 1.165) is 30.1 Å². The predicted octanol–water partition coefficient (Wildman–Crippen LogP) is 2.78. The molecule has 36 heavy (non-hydrogen) atoms. The van der Waals surface area contributed by atoms with E-state index in [4.69, 9.17) is 19.1 Å². The van der Waals surface area contributed by atoms with Gasteiger partial charge in [0.25, 0.3) is 5.89 Å². The molecule has 196 valence electrons. The molecule has 3 rings (SSSR count). The predicted molar refractivity (Wildman–Crippen MR) is 137 cm³/mol. The highest BCUT2D eigenvalue weighted by Crippen LogP contribution is 2.37. The number of amides is 1. The molecule has 10 nitrogen and oxygen atoms in total. The van der Waals surface area contributed by atoms with E-state index < -0.39 is 18.6 Å². The molecule has 0 spiro atoms. The van der Waals surface area contributed by atoms with Gasteiger partial charge in [0, 0.05) is 23.5 Å². The second kappa shape index (κ2) is 12.8. The Bertz CT molecular complexity index is 1160. The lowest BCUT2D eigenvalue weighted by Gasteiger charge is -2.17. The van der Waals surface area contributed by atoms with Crippen LogP contribution in [0, 0.1) is 13.8 Å². The lowest BCUT2D eigenvalue weighted by Crippen LogP contribution is -2.36. The highest BCUT2D eigenvalue weighted by atomic mass is 32.1. The minimum atomic E-state index is -0.954. The largest absolute Gasteiger partial charge is 0.493 e. The van der Waals surface area contributed by atoms with E-state index in [1.807, 2.05) is 13.0 Å². The van der Waals surface area contributed by atoms with Gasteiger partial charge in [0.15, 0.2) is 11.5 Å². The van der Waals surface area contributed by atoms with Gasteiger partial charge in [0.2, 0.25) is 11.7 Å². The van der Waals surface area contributed by atoms with Crippen LogP contribution in [0.25, 0.3) is 22.2 Å². The molecule has 1 unspecified atom stereocenters.